The Kier molecular flexibility index (Phi) is 6.04. The Labute approximate surface area is 104 Å². The van der Waals surface area contributed by atoms with Crippen LogP contribution >= 0.6 is 0 Å². The molecule has 0 spiro atoms. The molecule has 17 heavy (non-hydrogen) atoms. The van der Waals surface area contributed by atoms with Gasteiger partial charge in [-0.2, -0.15) is 0 Å². The first-order valence-corrected chi connectivity index (χ1v) is 5.94. The zero-order chi connectivity index (χ0) is 12.5. The van der Waals surface area contributed by atoms with Gasteiger partial charge in [-0.05, 0) is 24.2 Å². The second kappa shape index (κ2) is 7.63. The van der Waals surface area contributed by atoms with Gasteiger partial charge in [0.2, 0.25) is 0 Å². The molecule has 1 heterocycles. The van der Waals surface area contributed by atoms with Crippen LogP contribution in [0.2, 0.25) is 0 Å². The minimum atomic E-state index is 0.781. The average molecular weight is 231 g/mol. The summed E-state index contributed by atoms with van der Waals surface area (Å²) < 4.78 is 0. The van der Waals surface area contributed by atoms with Crippen LogP contribution in [0.25, 0.3) is 0 Å². The second-order valence-electron chi connectivity index (χ2n) is 3.78. The summed E-state index contributed by atoms with van der Waals surface area (Å²) in [5.74, 6) is 0.972. The highest BCUT2D eigenvalue weighted by atomic mass is 15.2. The van der Waals surface area contributed by atoms with Crippen LogP contribution in [0.15, 0.2) is 43.6 Å². The van der Waals surface area contributed by atoms with E-state index < -0.39 is 0 Å². The maximum absolute atomic E-state index is 4.39. The van der Waals surface area contributed by atoms with E-state index in [1.165, 1.54) is 5.56 Å². The summed E-state index contributed by atoms with van der Waals surface area (Å²) in [6.07, 6.45) is 5.60. The fraction of sp³-hybridized carbons (Fsp3) is 0.357. The normalized spacial score (nSPS) is 9.94. The molecule has 1 aromatic heterocycles. The third kappa shape index (κ3) is 4.41. The number of nitrogens with zero attached hydrogens (tertiary/aromatic N) is 2. The van der Waals surface area contributed by atoms with Gasteiger partial charge in [-0.3, -0.25) is 0 Å². The molecule has 0 atom stereocenters. The highest BCUT2D eigenvalue weighted by Gasteiger charge is 2.04. The fourth-order valence-electron chi connectivity index (χ4n) is 1.59. The minimum absolute atomic E-state index is 0.781. The highest BCUT2D eigenvalue weighted by Crippen LogP contribution is 2.12. The molecule has 0 aliphatic heterocycles. The first-order chi connectivity index (χ1) is 8.31. The smallest absolute Gasteiger partial charge is 0.129 e. The van der Waals surface area contributed by atoms with E-state index in [1.807, 2.05) is 24.4 Å². The molecule has 0 saturated heterocycles. The van der Waals surface area contributed by atoms with Crippen molar-refractivity contribution in [3.8, 4) is 0 Å². The molecule has 0 fully saturated rings. The standard InChI is InChI=1S/C14H21N3/c1-4-9-17(10-5-2)14-11-13(7-8-16-14)12-15-6-3/h4-5,7-8,11,15H,1-2,6,9-10,12H2,3H3. The van der Waals surface area contributed by atoms with Gasteiger partial charge < -0.3 is 10.2 Å². The van der Waals surface area contributed by atoms with E-state index in [-0.39, 0.29) is 0 Å². The summed E-state index contributed by atoms with van der Waals surface area (Å²) in [4.78, 5) is 6.52. The number of nitrogens with one attached hydrogen (secondary N) is 1. The van der Waals surface area contributed by atoms with Crippen molar-refractivity contribution in [1.29, 1.82) is 0 Å². The number of hydrogen-bond donors (Lipinski definition) is 1. The van der Waals surface area contributed by atoms with Gasteiger partial charge in [-0.15, -0.1) is 13.2 Å². The SMILES string of the molecule is C=CCN(CC=C)c1cc(CNCC)ccn1. The van der Waals surface area contributed by atoms with Crippen molar-refractivity contribution in [1.82, 2.24) is 10.3 Å². The van der Waals surface area contributed by atoms with Gasteiger partial charge in [0.1, 0.15) is 5.82 Å². The Balaban J connectivity index is 2.79. The lowest BCUT2D eigenvalue weighted by Gasteiger charge is -2.20. The fourth-order valence-corrected chi connectivity index (χ4v) is 1.59. The molecule has 1 N–H and O–H groups in total. The highest BCUT2D eigenvalue weighted by molar-refractivity contribution is 5.42. The van der Waals surface area contributed by atoms with E-state index >= 15 is 0 Å². The molecule has 1 rings (SSSR count). The molecule has 0 aromatic carbocycles. The second-order valence-corrected chi connectivity index (χ2v) is 3.78. The lowest BCUT2D eigenvalue weighted by Crippen LogP contribution is -2.24. The lowest BCUT2D eigenvalue weighted by atomic mass is 10.2. The minimum Gasteiger partial charge on any atom is -0.349 e. The monoisotopic (exact) mass is 231 g/mol. The van der Waals surface area contributed by atoms with Gasteiger partial charge in [0.05, 0.1) is 0 Å². The van der Waals surface area contributed by atoms with Crippen LogP contribution in [0.1, 0.15) is 12.5 Å². The van der Waals surface area contributed by atoms with Crippen LogP contribution in [0.5, 0.6) is 0 Å². The molecule has 0 aliphatic rings. The molecule has 0 saturated carbocycles. The zero-order valence-corrected chi connectivity index (χ0v) is 10.5. The zero-order valence-electron chi connectivity index (χ0n) is 10.5. The molecule has 0 unspecified atom stereocenters. The van der Waals surface area contributed by atoms with E-state index in [0.717, 1.165) is 32.0 Å². The predicted octanol–water partition coefficient (Wildman–Crippen LogP) is 2.37. The number of rotatable bonds is 8. The molecule has 1 aromatic rings. The van der Waals surface area contributed by atoms with Crippen LogP contribution in [-0.2, 0) is 6.54 Å². The maximum Gasteiger partial charge on any atom is 0.129 e. The van der Waals surface area contributed by atoms with E-state index in [2.05, 4.69) is 41.3 Å². The molecular formula is C14H21N3. The van der Waals surface area contributed by atoms with E-state index in [9.17, 15) is 0 Å². The average Bonchev–Trinajstić information content (AvgIpc) is 2.36. The summed E-state index contributed by atoms with van der Waals surface area (Å²) in [6, 6.07) is 4.14. The molecule has 3 nitrogen and oxygen atoms in total. The molecule has 3 heteroatoms. The van der Waals surface area contributed by atoms with Crippen molar-refractivity contribution in [2.45, 2.75) is 13.5 Å². The molecule has 0 radical (unpaired) electrons. The van der Waals surface area contributed by atoms with Crippen molar-refractivity contribution in [3.63, 3.8) is 0 Å². The Morgan fingerprint density at radius 3 is 2.65 bits per heavy atom. The van der Waals surface area contributed by atoms with Crippen LogP contribution < -0.4 is 10.2 Å². The predicted molar refractivity (Wildman–Crippen MR) is 74.2 cm³/mol. The topological polar surface area (TPSA) is 28.2 Å². The van der Waals surface area contributed by atoms with Crippen LogP contribution in [0.4, 0.5) is 5.82 Å². The third-order valence-electron chi connectivity index (χ3n) is 2.41. The molecule has 92 valence electrons. The first-order valence-electron chi connectivity index (χ1n) is 5.94. The number of anilines is 1. The number of pyridine rings is 1. The van der Waals surface area contributed by atoms with Gasteiger partial charge in [-0.1, -0.05) is 19.1 Å². The number of hydrogen-bond acceptors (Lipinski definition) is 3. The summed E-state index contributed by atoms with van der Waals surface area (Å²) in [5.41, 5.74) is 1.25. The summed E-state index contributed by atoms with van der Waals surface area (Å²) in [7, 11) is 0. The molecule has 0 aliphatic carbocycles. The van der Waals surface area contributed by atoms with E-state index in [0.29, 0.717) is 0 Å². The van der Waals surface area contributed by atoms with Crippen molar-refractivity contribution < 1.29 is 0 Å². The van der Waals surface area contributed by atoms with Gasteiger partial charge in [0.15, 0.2) is 0 Å². The Hall–Kier alpha value is -1.61. The van der Waals surface area contributed by atoms with Gasteiger partial charge in [0.25, 0.3) is 0 Å². The molecule has 0 amide bonds. The Bertz CT molecular complexity index is 350. The van der Waals surface area contributed by atoms with Crippen molar-refractivity contribution in [2.24, 2.45) is 0 Å². The van der Waals surface area contributed by atoms with Gasteiger partial charge in [-0.25, -0.2) is 4.98 Å². The van der Waals surface area contributed by atoms with Crippen molar-refractivity contribution in [2.75, 3.05) is 24.5 Å². The lowest BCUT2D eigenvalue weighted by molar-refractivity contribution is 0.725. The van der Waals surface area contributed by atoms with Crippen LogP contribution in [0, 0.1) is 0 Å². The van der Waals surface area contributed by atoms with E-state index in [1.54, 1.807) is 0 Å². The quantitative estimate of drug-likeness (QED) is 0.696. The van der Waals surface area contributed by atoms with E-state index in [4.69, 9.17) is 0 Å². The van der Waals surface area contributed by atoms with Crippen molar-refractivity contribution >= 4 is 5.82 Å². The maximum atomic E-state index is 4.39. The van der Waals surface area contributed by atoms with Crippen molar-refractivity contribution in [3.05, 3.63) is 49.2 Å². The third-order valence-corrected chi connectivity index (χ3v) is 2.41. The Morgan fingerprint density at radius 2 is 2.06 bits per heavy atom. The largest absolute Gasteiger partial charge is 0.349 e. The summed E-state index contributed by atoms with van der Waals surface area (Å²) >= 11 is 0. The van der Waals surface area contributed by atoms with Crippen LogP contribution in [0.3, 0.4) is 0 Å². The van der Waals surface area contributed by atoms with Gasteiger partial charge >= 0.3 is 0 Å². The van der Waals surface area contributed by atoms with Gasteiger partial charge in [0, 0.05) is 25.8 Å². The summed E-state index contributed by atoms with van der Waals surface area (Å²) in [5, 5.41) is 3.31. The first kappa shape index (κ1) is 13.5. The number of aromatic nitrogens is 1. The van der Waals surface area contributed by atoms with Crippen LogP contribution in [-0.4, -0.2) is 24.6 Å². The Morgan fingerprint density at radius 1 is 1.35 bits per heavy atom. The molecular weight excluding hydrogens is 210 g/mol. The summed E-state index contributed by atoms with van der Waals surface area (Å²) in [6.45, 7) is 13.0. The molecule has 0 bridgehead atoms.